The highest BCUT2D eigenvalue weighted by Crippen LogP contribution is 2.40. The van der Waals surface area contributed by atoms with Gasteiger partial charge in [0.1, 0.15) is 5.75 Å². The molecule has 21 heavy (non-hydrogen) atoms. The first kappa shape index (κ1) is 17.9. The molecule has 1 aliphatic heterocycles. The summed E-state index contributed by atoms with van der Waals surface area (Å²) in [6.07, 6.45) is 1.94. The molecule has 0 spiro atoms. The lowest BCUT2D eigenvalue weighted by Gasteiger charge is -2.29. The van der Waals surface area contributed by atoms with E-state index in [1.165, 1.54) is 0 Å². The highest BCUT2D eigenvalue weighted by molar-refractivity contribution is 5.85. The largest absolute Gasteiger partial charge is 0.496 e. The van der Waals surface area contributed by atoms with Crippen molar-refractivity contribution in [3.05, 3.63) is 17.7 Å². The monoisotopic (exact) mass is 317 g/mol. The van der Waals surface area contributed by atoms with Crippen molar-refractivity contribution in [2.45, 2.75) is 18.9 Å². The first-order valence-corrected chi connectivity index (χ1v) is 6.84. The van der Waals surface area contributed by atoms with Gasteiger partial charge >= 0.3 is 0 Å². The van der Waals surface area contributed by atoms with Gasteiger partial charge in [0.15, 0.2) is 11.5 Å². The van der Waals surface area contributed by atoms with E-state index in [0.717, 1.165) is 37.4 Å². The Hall–Kier alpha value is -1.17. The van der Waals surface area contributed by atoms with Crippen LogP contribution in [0.25, 0.3) is 0 Å². The second-order valence-electron chi connectivity index (χ2n) is 4.92. The average Bonchev–Trinajstić information content (AvgIpc) is 2.53. The predicted molar refractivity (Wildman–Crippen MR) is 83.8 cm³/mol. The molecule has 0 aromatic heterocycles. The van der Waals surface area contributed by atoms with Gasteiger partial charge < -0.3 is 24.7 Å². The quantitative estimate of drug-likeness (QED) is 0.904. The van der Waals surface area contributed by atoms with E-state index in [9.17, 15) is 0 Å². The molecule has 1 atom stereocenters. The van der Waals surface area contributed by atoms with Crippen LogP contribution in [-0.2, 0) is 4.74 Å². The van der Waals surface area contributed by atoms with E-state index in [4.69, 9.17) is 24.7 Å². The molecule has 0 saturated carbocycles. The molecule has 1 heterocycles. The molecule has 0 aliphatic carbocycles. The first-order chi connectivity index (χ1) is 9.71. The minimum atomic E-state index is -0.0892. The lowest BCUT2D eigenvalue weighted by atomic mass is 9.87. The Kier molecular flexibility index (Phi) is 7.08. The molecule has 1 fully saturated rings. The van der Waals surface area contributed by atoms with Gasteiger partial charge in [-0.15, -0.1) is 12.4 Å². The summed E-state index contributed by atoms with van der Waals surface area (Å²) >= 11 is 0. The van der Waals surface area contributed by atoms with E-state index in [1.54, 1.807) is 21.3 Å². The molecule has 1 aliphatic rings. The summed E-state index contributed by atoms with van der Waals surface area (Å²) in [5, 5.41) is 0. The number of rotatable bonds is 5. The third-order valence-corrected chi connectivity index (χ3v) is 3.87. The van der Waals surface area contributed by atoms with Gasteiger partial charge in [-0.3, -0.25) is 0 Å². The molecule has 2 N–H and O–H groups in total. The summed E-state index contributed by atoms with van der Waals surface area (Å²) in [5.74, 6) is 2.45. The molecule has 2 rings (SSSR count). The Morgan fingerprint density at radius 2 is 1.52 bits per heavy atom. The highest BCUT2D eigenvalue weighted by Gasteiger charge is 2.26. The third kappa shape index (κ3) is 3.93. The number of benzene rings is 1. The van der Waals surface area contributed by atoms with Crippen LogP contribution in [0, 0.1) is 5.92 Å². The summed E-state index contributed by atoms with van der Waals surface area (Å²) in [6.45, 7) is 1.54. The van der Waals surface area contributed by atoms with Crippen molar-refractivity contribution < 1.29 is 18.9 Å². The maximum atomic E-state index is 6.43. The zero-order chi connectivity index (χ0) is 14.5. The average molecular weight is 318 g/mol. The van der Waals surface area contributed by atoms with Crippen molar-refractivity contribution in [2.75, 3.05) is 34.5 Å². The smallest absolute Gasteiger partial charge is 0.164 e. The van der Waals surface area contributed by atoms with E-state index in [0.29, 0.717) is 17.4 Å². The molecule has 1 saturated heterocycles. The van der Waals surface area contributed by atoms with Crippen LogP contribution in [-0.4, -0.2) is 34.5 Å². The molecule has 1 aromatic rings. The number of nitrogens with two attached hydrogens (primary N) is 1. The van der Waals surface area contributed by atoms with E-state index < -0.39 is 0 Å². The van der Waals surface area contributed by atoms with Crippen LogP contribution >= 0.6 is 12.4 Å². The Morgan fingerprint density at radius 3 is 2.05 bits per heavy atom. The molecule has 1 aromatic carbocycles. The van der Waals surface area contributed by atoms with Gasteiger partial charge in [-0.25, -0.2) is 0 Å². The van der Waals surface area contributed by atoms with Crippen molar-refractivity contribution in [3.8, 4) is 17.2 Å². The number of ether oxygens (including phenoxy) is 4. The minimum Gasteiger partial charge on any atom is -0.496 e. The fourth-order valence-corrected chi connectivity index (χ4v) is 2.64. The van der Waals surface area contributed by atoms with Gasteiger partial charge in [0.25, 0.3) is 0 Å². The van der Waals surface area contributed by atoms with Crippen LogP contribution in [0.3, 0.4) is 0 Å². The second-order valence-corrected chi connectivity index (χ2v) is 4.92. The molecule has 5 nitrogen and oxygen atoms in total. The van der Waals surface area contributed by atoms with Crippen LogP contribution in [0.1, 0.15) is 24.4 Å². The standard InChI is InChI=1S/C15H23NO4.ClH/c1-17-12-9-14(19-3)13(18-2)8-11(12)15(16)10-4-6-20-7-5-10;/h8-10,15H,4-7,16H2,1-3H3;1H/t15-;/m1./s1. The molecule has 6 heteroatoms. The van der Waals surface area contributed by atoms with Crippen molar-refractivity contribution in [1.29, 1.82) is 0 Å². The fourth-order valence-electron chi connectivity index (χ4n) is 2.64. The molecule has 0 radical (unpaired) electrons. The van der Waals surface area contributed by atoms with Crippen molar-refractivity contribution in [2.24, 2.45) is 11.7 Å². The summed E-state index contributed by atoms with van der Waals surface area (Å²) in [7, 11) is 4.87. The zero-order valence-corrected chi connectivity index (χ0v) is 13.6. The minimum absolute atomic E-state index is 0. The number of halogens is 1. The number of hydrogen-bond donors (Lipinski definition) is 1. The van der Waals surface area contributed by atoms with E-state index in [1.807, 2.05) is 12.1 Å². The Morgan fingerprint density at radius 1 is 1.00 bits per heavy atom. The van der Waals surface area contributed by atoms with Gasteiger partial charge in [-0.05, 0) is 24.8 Å². The summed E-state index contributed by atoms with van der Waals surface area (Å²) in [6, 6.07) is 3.65. The van der Waals surface area contributed by atoms with Crippen molar-refractivity contribution >= 4 is 12.4 Å². The molecule has 0 unspecified atom stereocenters. The first-order valence-electron chi connectivity index (χ1n) is 6.84. The number of hydrogen-bond acceptors (Lipinski definition) is 5. The van der Waals surface area contributed by atoms with Crippen LogP contribution in [0.5, 0.6) is 17.2 Å². The van der Waals surface area contributed by atoms with Crippen molar-refractivity contribution in [3.63, 3.8) is 0 Å². The Labute approximate surface area is 132 Å². The van der Waals surface area contributed by atoms with Crippen LogP contribution in [0.4, 0.5) is 0 Å². The lowest BCUT2D eigenvalue weighted by Crippen LogP contribution is -2.27. The number of methoxy groups -OCH3 is 3. The van der Waals surface area contributed by atoms with Crippen LogP contribution in [0.15, 0.2) is 12.1 Å². The van der Waals surface area contributed by atoms with Gasteiger partial charge in [0.2, 0.25) is 0 Å². The van der Waals surface area contributed by atoms with E-state index >= 15 is 0 Å². The molecule has 0 amide bonds. The zero-order valence-electron chi connectivity index (χ0n) is 12.8. The molecule has 0 bridgehead atoms. The Balaban J connectivity index is 0.00000220. The summed E-state index contributed by atoms with van der Waals surface area (Å²) in [4.78, 5) is 0. The van der Waals surface area contributed by atoms with Gasteiger partial charge in [-0.2, -0.15) is 0 Å². The normalized spacial score (nSPS) is 16.8. The second kappa shape index (κ2) is 8.32. The topological polar surface area (TPSA) is 62.9 Å². The van der Waals surface area contributed by atoms with Gasteiger partial charge in [0.05, 0.1) is 21.3 Å². The molecular weight excluding hydrogens is 294 g/mol. The predicted octanol–water partition coefficient (Wildman–Crippen LogP) is 2.56. The fraction of sp³-hybridized carbons (Fsp3) is 0.600. The summed E-state index contributed by atoms with van der Waals surface area (Å²) < 4.78 is 21.5. The van der Waals surface area contributed by atoms with Gasteiger partial charge in [0, 0.05) is 30.9 Å². The lowest BCUT2D eigenvalue weighted by molar-refractivity contribution is 0.0581. The SMILES string of the molecule is COc1cc(OC)c([C@H](N)C2CCOCC2)cc1OC.Cl. The van der Waals surface area contributed by atoms with E-state index in [2.05, 4.69) is 0 Å². The molecule has 120 valence electrons. The maximum Gasteiger partial charge on any atom is 0.164 e. The van der Waals surface area contributed by atoms with Crippen molar-refractivity contribution in [1.82, 2.24) is 0 Å². The van der Waals surface area contributed by atoms with Crippen LogP contribution in [0.2, 0.25) is 0 Å². The van der Waals surface area contributed by atoms with Gasteiger partial charge in [-0.1, -0.05) is 0 Å². The summed E-state index contributed by atoms with van der Waals surface area (Å²) in [5.41, 5.74) is 7.38. The molecular formula is C15H24ClNO4. The highest BCUT2D eigenvalue weighted by atomic mass is 35.5. The maximum absolute atomic E-state index is 6.43. The Bertz CT molecular complexity index is 450. The van der Waals surface area contributed by atoms with Crippen LogP contribution < -0.4 is 19.9 Å². The third-order valence-electron chi connectivity index (χ3n) is 3.87. The van der Waals surface area contributed by atoms with E-state index in [-0.39, 0.29) is 18.4 Å².